The lowest BCUT2D eigenvalue weighted by Gasteiger charge is -2.23. The van der Waals surface area contributed by atoms with Crippen molar-refractivity contribution >= 4 is 5.78 Å². The van der Waals surface area contributed by atoms with Crippen LogP contribution in [0.15, 0.2) is 24.3 Å². The highest BCUT2D eigenvalue weighted by molar-refractivity contribution is 5.97. The third kappa shape index (κ3) is 4.79. The summed E-state index contributed by atoms with van der Waals surface area (Å²) < 4.78 is 0. The van der Waals surface area contributed by atoms with Gasteiger partial charge in [0.15, 0.2) is 5.78 Å². The maximum absolute atomic E-state index is 12.4. The average Bonchev–Trinajstić information content (AvgIpc) is 2.45. The zero-order chi connectivity index (χ0) is 14.3. The van der Waals surface area contributed by atoms with Crippen LogP contribution in [0.1, 0.15) is 50.0 Å². The molecule has 0 heterocycles. The van der Waals surface area contributed by atoms with Crippen LogP contribution in [0, 0.1) is 5.92 Å². The molecule has 0 aromatic heterocycles. The Balaban J connectivity index is 2.64. The van der Waals surface area contributed by atoms with Crippen LogP contribution in [0.5, 0.6) is 0 Å². The average molecular weight is 261 g/mol. The summed E-state index contributed by atoms with van der Waals surface area (Å²) in [6, 6.07) is 8.05. The maximum atomic E-state index is 12.4. The smallest absolute Gasteiger partial charge is 0.166 e. The summed E-state index contributed by atoms with van der Waals surface area (Å²) in [6.07, 6.45) is 2.16. The number of carbonyl (C=O) groups is 1. The molecule has 0 spiro atoms. The Labute approximate surface area is 117 Å². The minimum absolute atomic E-state index is 0.0685. The number of aryl methyl sites for hydroxylation is 1. The van der Waals surface area contributed by atoms with Crippen molar-refractivity contribution in [2.24, 2.45) is 5.92 Å². The van der Waals surface area contributed by atoms with Crippen molar-refractivity contribution in [3.8, 4) is 0 Å². The van der Waals surface area contributed by atoms with Crippen LogP contribution in [0.3, 0.4) is 0 Å². The lowest BCUT2D eigenvalue weighted by atomic mass is 9.97. The summed E-state index contributed by atoms with van der Waals surface area (Å²) in [4.78, 5) is 14.7. The van der Waals surface area contributed by atoms with E-state index in [2.05, 4.69) is 37.8 Å². The van der Waals surface area contributed by atoms with E-state index in [0.29, 0.717) is 0 Å². The molecule has 106 valence electrons. The van der Waals surface area contributed by atoms with Crippen molar-refractivity contribution < 1.29 is 4.79 Å². The van der Waals surface area contributed by atoms with Crippen molar-refractivity contribution in [2.45, 2.75) is 40.5 Å². The molecule has 0 aliphatic heterocycles. The first-order valence-electron chi connectivity index (χ1n) is 7.47. The fourth-order valence-electron chi connectivity index (χ4n) is 2.35. The van der Waals surface area contributed by atoms with Gasteiger partial charge < -0.3 is 4.90 Å². The van der Waals surface area contributed by atoms with Gasteiger partial charge in [0, 0.05) is 18.0 Å². The highest BCUT2D eigenvalue weighted by Crippen LogP contribution is 2.12. The first kappa shape index (κ1) is 15.9. The van der Waals surface area contributed by atoms with Crippen LogP contribution in [0.4, 0.5) is 0 Å². The fourth-order valence-corrected chi connectivity index (χ4v) is 2.35. The number of carbonyl (C=O) groups excluding carboxylic acids is 1. The van der Waals surface area contributed by atoms with Gasteiger partial charge in [-0.2, -0.15) is 0 Å². The molecule has 1 rings (SSSR count). The monoisotopic (exact) mass is 261 g/mol. The van der Waals surface area contributed by atoms with Gasteiger partial charge >= 0.3 is 0 Å². The number of Topliss-reactive ketones (excluding diaryl/α,β-unsaturated/α-hetero) is 1. The van der Waals surface area contributed by atoms with Crippen molar-refractivity contribution in [2.75, 3.05) is 19.6 Å². The van der Waals surface area contributed by atoms with Crippen molar-refractivity contribution in [3.63, 3.8) is 0 Å². The van der Waals surface area contributed by atoms with Gasteiger partial charge in [-0.05, 0) is 31.5 Å². The molecule has 0 radical (unpaired) electrons. The first-order valence-corrected chi connectivity index (χ1v) is 7.47. The van der Waals surface area contributed by atoms with E-state index in [-0.39, 0.29) is 11.7 Å². The molecule has 0 aliphatic rings. The second-order valence-corrected chi connectivity index (χ2v) is 5.21. The van der Waals surface area contributed by atoms with Gasteiger partial charge in [0.1, 0.15) is 0 Å². The van der Waals surface area contributed by atoms with E-state index >= 15 is 0 Å². The van der Waals surface area contributed by atoms with Gasteiger partial charge in [0.05, 0.1) is 0 Å². The third-order valence-electron chi connectivity index (χ3n) is 3.61. The van der Waals surface area contributed by atoms with E-state index in [1.807, 2.05) is 19.1 Å². The molecule has 0 fully saturated rings. The molecule has 19 heavy (non-hydrogen) atoms. The summed E-state index contributed by atoms with van der Waals surface area (Å²) in [5, 5.41) is 0. The van der Waals surface area contributed by atoms with Gasteiger partial charge in [-0.15, -0.1) is 0 Å². The van der Waals surface area contributed by atoms with E-state index in [0.717, 1.165) is 38.0 Å². The van der Waals surface area contributed by atoms with Gasteiger partial charge in [0.25, 0.3) is 0 Å². The predicted molar refractivity (Wildman–Crippen MR) is 81.7 cm³/mol. The summed E-state index contributed by atoms with van der Waals surface area (Å²) in [7, 11) is 0. The molecule has 2 heteroatoms. The quantitative estimate of drug-likeness (QED) is 0.663. The molecular formula is C17H27NO. The predicted octanol–water partition coefficient (Wildman–Crippen LogP) is 3.80. The van der Waals surface area contributed by atoms with Gasteiger partial charge in [-0.1, -0.05) is 52.0 Å². The van der Waals surface area contributed by atoms with Gasteiger partial charge in [-0.3, -0.25) is 4.79 Å². The second kappa shape index (κ2) is 8.11. The summed E-state index contributed by atoms with van der Waals surface area (Å²) in [5.41, 5.74) is 2.13. The number of ketones is 1. The molecular weight excluding hydrogens is 234 g/mol. The first-order chi connectivity index (χ1) is 9.12. The molecule has 0 saturated carbocycles. The highest BCUT2D eigenvalue weighted by atomic mass is 16.1. The number of hydrogen-bond donors (Lipinski definition) is 0. The Morgan fingerprint density at radius 2 is 1.79 bits per heavy atom. The Morgan fingerprint density at radius 3 is 2.26 bits per heavy atom. The van der Waals surface area contributed by atoms with E-state index in [4.69, 9.17) is 0 Å². The van der Waals surface area contributed by atoms with E-state index in [1.54, 1.807) is 0 Å². The largest absolute Gasteiger partial charge is 0.303 e. The van der Waals surface area contributed by atoms with Crippen LogP contribution in [-0.4, -0.2) is 30.3 Å². The maximum Gasteiger partial charge on any atom is 0.166 e. The molecule has 0 amide bonds. The number of benzene rings is 1. The standard InChI is InChI=1S/C17H27NO/c1-5-12-18(7-3)13-14(4)17(19)16-10-8-15(6-2)9-11-16/h8-11,14H,5-7,12-13H2,1-4H3. The Hall–Kier alpha value is -1.15. The lowest BCUT2D eigenvalue weighted by molar-refractivity contribution is 0.0896. The van der Waals surface area contributed by atoms with E-state index < -0.39 is 0 Å². The summed E-state index contributed by atoms with van der Waals surface area (Å²) in [6.45, 7) is 11.4. The van der Waals surface area contributed by atoms with Crippen molar-refractivity contribution in [3.05, 3.63) is 35.4 Å². The van der Waals surface area contributed by atoms with Crippen LogP contribution in [0.25, 0.3) is 0 Å². The minimum atomic E-state index is 0.0685. The van der Waals surface area contributed by atoms with Crippen LogP contribution in [0.2, 0.25) is 0 Å². The zero-order valence-electron chi connectivity index (χ0n) is 12.8. The van der Waals surface area contributed by atoms with E-state index in [9.17, 15) is 4.79 Å². The summed E-state index contributed by atoms with van der Waals surface area (Å²) >= 11 is 0. The van der Waals surface area contributed by atoms with Gasteiger partial charge in [0.2, 0.25) is 0 Å². The van der Waals surface area contributed by atoms with Crippen molar-refractivity contribution in [1.29, 1.82) is 0 Å². The molecule has 0 N–H and O–H groups in total. The third-order valence-corrected chi connectivity index (χ3v) is 3.61. The van der Waals surface area contributed by atoms with Gasteiger partial charge in [-0.25, -0.2) is 0 Å². The number of nitrogens with zero attached hydrogens (tertiary/aromatic N) is 1. The topological polar surface area (TPSA) is 20.3 Å². The molecule has 0 bridgehead atoms. The van der Waals surface area contributed by atoms with Crippen LogP contribution in [-0.2, 0) is 6.42 Å². The number of hydrogen-bond acceptors (Lipinski definition) is 2. The Kier molecular flexibility index (Phi) is 6.79. The molecule has 1 unspecified atom stereocenters. The molecule has 0 saturated heterocycles. The second-order valence-electron chi connectivity index (χ2n) is 5.21. The Bertz CT molecular complexity index is 383. The zero-order valence-corrected chi connectivity index (χ0v) is 12.8. The van der Waals surface area contributed by atoms with Crippen LogP contribution >= 0.6 is 0 Å². The van der Waals surface area contributed by atoms with Crippen LogP contribution < -0.4 is 0 Å². The molecule has 1 aromatic carbocycles. The Morgan fingerprint density at radius 1 is 1.16 bits per heavy atom. The molecule has 1 atom stereocenters. The lowest BCUT2D eigenvalue weighted by Crippen LogP contribution is -2.32. The highest BCUT2D eigenvalue weighted by Gasteiger charge is 2.17. The number of rotatable bonds is 8. The fraction of sp³-hybridized carbons (Fsp3) is 0.588. The SMILES string of the molecule is CCCN(CC)CC(C)C(=O)c1ccc(CC)cc1. The normalized spacial score (nSPS) is 12.7. The minimum Gasteiger partial charge on any atom is -0.303 e. The molecule has 1 aromatic rings. The van der Waals surface area contributed by atoms with Crippen molar-refractivity contribution in [1.82, 2.24) is 4.90 Å². The molecule has 0 aliphatic carbocycles. The summed E-state index contributed by atoms with van der Waals surface area (Å²) in [5.74, 6) is 0.330. The van der Waals surface area contributed by atoms with E-state index in [1.165, 1.54) is 5.56 Å². The molecule has 2 nitrogen and oxygen atoms in total.